The lowest BCUT2D eigenvalue weighted by Crippen LogP contribution is -2.53. The molecule has 23 heavy (non-hydrogen) atoms. The Morgan fingerprint density at radius 2 is 1.91 bits per heavy atom. The second kappa shape index (κ2) is 8.26. The average molecular weight is 344 g/mol. The number of guanidine groups is 1. The zero-order valence-electron chi connectivity index (χ0n) is 14.0. The quantitative estimate of drug-likeness (QED) is 0.506. The third kappa shape index (κ3) is 7.94. The average Bonchev–Trinajstić information content (AvgIpc) is 2.42. The minimum absolute atomic E-state index is 0.226. The van der Waals surface area contributed by atoms with Crippen molar-refractivity contribution >= 4 is 16.0 Å². The van der Waals surface area contributed by atoms with Crippen LogP contribution >= 0.6 is 0 Å². The van der Waals surface area contributed by atoms with Crippen molar-refractivity contribution in [3.8, 4) is 0 Å². The molecular weight excluding hydrogens is 319 g/mol. The van der Waals surface area contributed by atoms with Crippen LogP contribution in [0.4, 0.5) is 4.39 Å². The molecule has 130 valence electrons. The highest BCUT2D eigenvalue weighted by molar-refractivity contribution is 7.88. The van der Waals surface area contributed by atoms with E-state index in [0.717, 1.165) is 6.26 Å². The first-order valence-electron chi connectivity index (χ1n) is 7.30. The molecule has 0 saturated heterocycles. The fourth-order valence-electron chi connectivity index (χ4n) is 2.08. The van der Waals surface area contributed by atoms with Crippen LogP contribution in [-0.4, -0.2) is 46.3 Å². The van der Waals surface area contributed by atoms with E-state index >= 15 is 0 Å². The van der Waals surface area contributed by atoms with Crippen LogP contribution in [0.1, 0.15) is 19.4 Å². The third-order valence-corrected chi connectivity index (χ3v) is 3.95. The summed E-state index contributed by atoms with van der Waals surface area (Å²) >= 11 is 0. The summed E-state index contributed by atoms with van der Waals surface area (Å²) in [5, 5.41) is 6.13. The highest BCUT2D eigenvalue weighted by Crippen LogP contribution is 2.06. The van der Waals surface area contributed by atoms with Gasteiger partial charge >= 0.3 is 0 Å². The summed E-state index contributed by atoms with van der Waals surface area (Å²) in [6.45, 7) is 4.42. The zero-order valence-corrected chi connectivity index (χ0v) is 14.8. The van der Waals surface area contributed by atoms with Gasteiger partial charge in [0.25, 0.3) is 0 Å². The summed E-state index contributed by atoms with van der Waals surface area (Å²) in [6.07, 6.45) is 1.65. The van der Waals surface area contributed by atoms with E-state index < -0.39 is 15.6 Å². The van der Waals surface area contributed by atoms with Gasteiger partial charge in [0.05, 0.1) is 6.26 Å². The minimum atomic E-state index is -3.29. The van der Waals surface area contributed by atoms with Gasteiger partial charge in [-0.2, -0.15) is 0 Å². The van der Waals surface area contributed by atoms with Crippen molar-refractivity contribution in [3.05, 3.63) is 35.6 Å². The molecule has 1 aromatic carbocycles. The van der Waals surface area contributed by atoms with Crippen LogP contribution in [0.15, 0.2) is 29.3 Å². The van der Waals surface area contributed by atoms with Gasteiger partial charge in [-0.3, -0.25) is 4.99 Å². The molecular formula is C15H25FN4O2S. The summed E-state index contributed by atoms with van der Waals surface area (Å²) in [5.41, 5.74) is -0.0222. The lowest BCUT2D eigenvalue weighted by molar-refractivity contribution is 0.446. The molecule has 0 saturated carbocycles. The first-order chi connectivity index (χ1) is 10.6. The summed E-state index contributed by atoms with van der Waals surface area (Å²) in [7, 11) is -1.67. The number of nitrogens with zero attached hydrogens (tertiary/aromatic N) is 1. The number of benzene rings is 1. The van der Waals surface area contributed by atoms with Crippen LogP contribution < -0.4 is 15.4 Å². The largest absolute Gasteiger partial charge is 0.356 e. The Morgan fingerprint density at radius 3 is 2.48 bits per heavy atom. The van der Waals surface area contributed by atoms with E-state index in [0.29, 0.717) is 31.0 Å². The number of sulfonamides is 1. The molecule has 0 unspecified atom stereocenters. The number of nitrogens with one attached hydrogen (secondary N) is 3. The predicted molar refractivity (Wildman–Crippen MR) is 91.5 cm³/mol. The van der Waals surface area contributed by atoms with Gasteiger partial charge in [0.15, 0.2) is 5.96 Å². The van der Waals surface area contributed by atoms with Gasteiger partial charge in [0, 0.05) is 25.7 Å². The molecule has 0 aliphatic carbocycles. The number of hydrogen-bond donors (Lipinski definition) is 3. The molecule has 0 aliphatic rings. The van der Waals surface area contributed by atoms with Gasteiger partial charge < -0.3 is 10.6 Å². The van der Waals surface area contributed by atoms with E-state index in [1.165, 1.54) is 6.07 Å². The molecule has 6 nitrogen and oxygen atoms in total. The lowest BCUT2D eigenvalue weighted by Gasteiger charge is -2.26. The summed E-state index contributed by atoms with van der Waals surface area (Å²) in [6, 6.07) is 6.63. The van der Waals surface area contributed by atoms with Crippen molar-refractivity contribution in [1.82, 2.24) is 15.4 Å². The van der Waals surface area contributed by atoms with E-state index in [9.17, 15) is 12.8 Å². The molecule has 0 heterocycles. The maximum absolute atomic E-state index is 13.5. The monoisotopic (exact) mass is 344 g/mol. The Hall–Kier alpha value is -1.67. The molecule has 0 amide bonds. The molecule has 0 aromatic heterocycles. The van der Waals surface area contributed by atoms with Crippen LogP contribution in [0.5, 0.6) is 0 Å². The van der Waals surface area contributed by atoms with Crippen LogP contribution in [0.2, 0.25) is 0 Å². The van der Waals surface area contributed by atoms with Crippen molar-refractivity contribution < 1.29 is 12.8 Å². The maximum Gasteiger partial charge on any atom is 0.209 e. The predicted octanol–water partition coefficient (Wildman–Crippen LogP) is 0.861. The molecule has 3 N–H and O–H groups in total. The number of halogens is 1. The molecule has 1 aromatic rings. The second-order valence-corrected chi connectivity index (χ2v) is 7.70. The molecule has 0 spiro atoms. The van der Waals surface area contributed by atoms with E-state index in [4.69, 9.17) is 0 Å². The highest BCUT2D eigenvalue weighted by Gasteiger charge is 2.22. The topological polar surface area (TPSA) is 82.6 Å². The Morgan fingerprint density at radius 1 is 1.26 bits per heavy atom. The SMILES string of the molecule is CN=C(NCCc1ccccc1F)NCC(C)(C)NS(C)(=O)=O. The minimum Gasteiger partial charge on any atom is -0.356 e. The van der Waals surface area contributed by atoms with Crippen molar-refractivity contribution in [2.24, 2.45) is 4.99 Å². The van der Waals surface area contributed by atoms with Crippen LogP contribution in [-0.2, 0) is 16.4 Å². The molecule has 8 heteroatoms. The summed E-state index contributed by atoms with van der Waals surface area (Å²) in [4.78, 5) is 4.06. The summed E-state index contributed by atoms with van der Waals surface area (Å²) in [5.74, 6) is 0.306. The number of aliphatic imine (C=N–C) groups is 1. The van der Waals surface area contributed by atoms with E-state index in [2.05, 4.69) is 20.3 Å². The van der Waals surface area contributed by atoms with Crippen molar-refractivity contribution in [2.45, 2.75) is 25.8 Å². The van der Waals surface area contributed by atoms with Crippen LogP contribution in [0, 0.1) is 5.82 Å². The van der Waals surface area contributed by atoms with Gasteiger partial charge in [0.1, 0.15) is 5.82 Å². The van der Waals surface area contributed by atoms with E-state index in [1.54, 1.807) is 39.1 Å². The Kier molecular flexibility index (Phi) is 6.96. The van der Waals surface area contributed by atoms with E-state index in [-0.39, 0.29) is 5.82 Å². The van der Waals surface area contributed by atoms with Crippen molar-refractivity contribution in [3.63, 3.8) is 0 Å². The third-order valence-electron chi connectivity index (χ3n) is 3.03. The number of rotatable bonds is 7. The fraction of sp³-hybridized carbons (Fsp3) is 0.533. The molecule has 0 radical (unpaired) electrons. The Labute approximate surface area is 137 Å². The Bertz CT molecular complexity index is 645. The summed E-state index contributed by atoms with van der Waals surface area (Å²) < 4.78 is 38.7. The van der Waals surface area contributed by atoms with Gasteiger partial charge in [-0.15, -0.1) is 0 Å². The van der Waals surface area contributed by atoms with Crippen molar-refractivity contribution in [2.75, 3.05) is 26.4 Å². The first-order valence-corrected chi connectivity index (χ1v) is 9.19. The standard InChI is InChI=1S/C15H25FN4O2S/c1-15(2,20-23(4,21)22)11-19-14(17-3)18-10-9-12-7-5-6-8-13(12)16/h5-8,20H,9-11H2,1-4H3,(H2,17,18,19). The Balaban J connectivity index is 2.45. The molecule has 0 aliphatic heterocycles. The van der Waals surface area contributed by atoms with Gasteiger partial charge in [-0.1, -0.05) is 18.2 Å². The number of hydrogen-bond acceptors (Lipinski definition) is 3. The van der Waals surface area contributed by atoms with Gasteiger partial charge in [0.2, 0.25) is 10.0 Å². The van der Waals surface area contributed by atoms with Crippen molar-refractivity contribution in [1.29, 1.82) is 0 Å². The maximum atomic E-state index is 13.5. The smallest absolute Gasteiger partial charge is 0.209 e. The highest BCUT2D eigenvalue weighted by atomic mass is 32.2. The molecule has 0 atom stereocenters. The fourth-order valence-corrected chi connectivity index (χ4v) is 3.16. The first kappa shape index (κ1) is 19.4. The van der Waals surface area contributed by atoms with E-state index in [1.807, 2.05) is 0 Å². The van der Waals surface area contributed by atoms with Crippen LogP contribution in [0.25, 0.3) is 0 Å². The second-order valence-electron chi connectivity index (χ2n) is 5.95. The zero-order chi connectivity index (χ0) is 17.5. The van der Waals surface area contributed by atoms with Crippen LogP contribution in [0.3, 0.4) is 0 Å². The molecule has 0 bridgehead atoms. The molecule has 1 rings (SSSR count). The van der Waals surface area contributed by atoms with Gasteiger partial charge in [-0.05, 0) is 31.9 Å². The molecule has 0 fully saturated rings. The lowest BCUT2D eigenvalue weighted by atomic mass is 10.1. The normalized spacial score (nSPS) is 13.0. The van der Waals surface area contributed by atoms with Gasteiger partial charge in [-0.25, -0.2) is 17.5 Å².